The number of carbonyl (C=O) groups is 2. The van der Waals surface area contributed by atoms with Gasteiger partial charge in [-0.25, -0.2) is 0 Å². The molecule has 0 aliphatic carbocycles. The molecule has 1 fully saturated rings. The van der Waals surface area contributed by atoms with E-state index in [9.17, 15) is 19.0 Å². The van der Waals surface area contributed by atoms with Gasteiger partial charge in [0.2, 0.25) is 0 Å². The van der Waals surface area contributed by atoms with Gasteiger partial charge in [0.1, 0.15) is 19.8 Å². The molecule has 0 spiro atoms. The van der Waals surface area contributed by atoms with Gasteiger partial charge in [0.05, 0.1) is 40.0 Å². The van der Waals surface area contributed by atoms with Crippen molar-refractivity contribution < 1.29 is 46.8 Å². The number of ether oxygens (including phenoxy) is 3. The van der Waals surface area contributed by atoms with Gasteiger partial charge in [-0.2, -0.15) is 0 Å². The van der Waals surface area contributed by atoms with Crippen molar-refractivity contribution >= 4 is 19.8 Å². The van der Waals surface area contributed by atoms with E-state index in [1.54, 1.807) is 0 Å². The van der Waals surface area contributed by atoms with E-state index in [1.165, 1.54) is 64.2 Å². The summed E-state index contributed by atoms with van der Waals surface area (Å²) in [6.45, 7) is 4.05. The molecule has 0 N–H and O–H groups in total. The van der Waals surface area contributed by atoms with Crippen molar-refractivity contribution in [3.8, 4) is 0 Å². The van der Waals surface area contributed by atoms with Gasteiger partial charge >= 0.3 is 11.9 Å². The minimum absolute atomic E-state index is 0.0440. The summed E-state index contributed by atoms with van der Waals surface area (Å²) < 4.78 is 39.3. The zero-order chi connectivity index (χ0) is 40.5. The molecule has 1 aliphatic heterocycles. The van der Waals surface area contributed by atoms with E-state index in [4.69, 9.17) is 23.3 Å². The number of hydrogen-bond donors (Lipinski definition) is 0. The molecule has 0 amide bonds. The highest BCUT2D eigenvalue weighted by Gasteiger charge is 2.35. The second-order valence-corrected chi connectivity index (χ2v) is 17.1. The number of rotatable bonds is 37. The molecule has 1 heterocycles. The van der Waals surface area contributed by atoms with Crippen LogP contribution in [0.15, 0.2) is 48.6 Å². The third-order valence-electron chi connectivity index (χ3n) is 9.34. The van der Waals surface area contributed by atoms with E-state index in [0.29, 0.717) is 36.1 Å². The maximum Gasteiger partial charge on any atom is 0.306 e. The van der Waals surface area contributed by atoms with Crippen LogP contribution >= 0.6 is 7.82 Å². The average Bonchev–Trinajstić information content (AvgIpc) is 3.91. The molecule has 1 rings (SSSR count). The van der Waals surface area contributed by atoms with Gasteiger partial charge in [0, 0.05) is 12.8 Å². The van der Waals surface area contributed by atoms with E-state index in [0.717, 1.165) is 51.4 Å². The summed E-state index contributed by atoms with van der Waals surface area (Å²) in [4.78, 5) is 37.5. The number of phosphoric ester groups is 1. The molecule has 0 bridgehead atoms. The molecule has 318 valence electrons. The SMILES string of the molecule is CCCCCCCCCCCCCCCC(=O)OCC(COP(=O)([O-])OCC[N+](C)(C)C)OC(=O)CCC/C=C\C/C=C\C/C=C\C/C=C\CC1OC1CC. The van der Waals surface area contributed by atoms with Gasteiger partial charge in [-0.05, 0) is 51.4 Å². The number of nitrogens with zero attached hydrogens (tertiary/aromatic N) is 1. The lowest BCUT2D eigenvalue weighted by molar-refractivity contribution is -0.870. The topological polar surface area (TPSA) is 124 Å². The number of esters is 2. The molecule has 11 heteroatoms. The first-order chi connectivity index (χ1) is 26.5. The molecule has 0 aromatic rings. The molecule has 10 nitrogen and oxygen atoms in total. The first kappa shape index (κ1) is 50.9. The maximum atomic E-state index is 12.6. The van der Waals surface area contributed by atoms with Crippen LogP contribution in [0.2, 0.25) is 0 Å². The molecular formula is C44H78NO9P. The summed E-state index contributed by atoms with van der Waals surface area (Å²) in [6, 6.07) is 0. The molecule has 4 unspecified atom stereocenters. The summed E-state index contributed by atoms with van der Waals surface area (Å²) in [5, 5.41) is 0. The van der Waals surface area contributed by atoms with Gasteiger partial charge in [-0.1, -0.05) is 140 Å². The van der Waals surface area contributed by atoms with Crippen LogP contribution < -0.4 is 4.89 Å². The number of hydrogen-bond acceptors (Lipinski definition) is 9. The fourth-order valence-electron chi connectivity index (χ4n) is 5.82. The highest BCUT2D eigenvalue weighted by Crippen LogP contribution is 2.38. The van der Waals surface area contributed by atoms with E-state index >= 15 is 0 Å². The minimum Gasteiger partial charge on any atom is -0.756 e. The van der Waals surface area contributed by atoms with E-state index < -0.39 is 32.5 Å². The molecule has 0 aromatic carbocycles. The van der Waals surface area contributed by atoms with E-state index in [1.807, 2.05) is 27.2 Å². The Balaban J connectivity index is 2.32. The third kappa shape index (κ3) is 33.8. The van der Waals surface area contributed by atoms with Crippen molar-refractivity contribution in [3.05, 3.63) is 48.6 Å². The van der Waals surface area contributed by atoms with Crippen LogP contribution in [0.1, 0.15) is 155 Å². The molecule has 0 aromatic heterocycles. The van der Waals surface area contributed by atoms with Crippen molar-refractivity contribution in [3.63, 3.8) is 0 Å². The fraction of sp³-hybridized carbons (Fsp3) is 0.773. The number of phosphoric acid groups is 1. The van der Waals surface area contributed by atoms with Crippen LogP contribution in [-0.2, 0) is 37.4 Å². The molecule has 4 atom stereocenters. The van der Waals surface area contributed by atoms with Crippen molar-refractivity contribution in [2.75, 3.05) is 47.5 Å². The Morgan fingerprint density at radius 2 is 1.20 bits per heavy atom. The number of likely N-dealkylation sites (N-methyl/N-ethyl adjacent to an activating group) is 1. The summed E-state index contributed by atoms with van der Waals surface area (Å²) >= 11 is 0. The summed E-state index contributed by atoms with van der Waals surface area (Å²) in [6.07, 6.45) is 39.1. The molecule has 0 radical (unpaired) electrons. The number of allylic oxidation sites excluding steroid dienone is 7. The largest absolute Gasteiger partial charge is 0.756 e. The van der Waals surface area contributed by atoms with Crippen LogP contribution in [0, 0.1) is 0 Å². The Kier molecular flexibility index (Phi) is 30.5. The Morgan fingerprint density at radius 3 is 1.75 bits per heavy atom. The number of epoxide rings is 1. The lowest BCUT2D eigenvalue weighted by Gasteiger charge is -2.28. The van der Waals surface area contributed by atoms with Gasteiger partial charge in [0.25, 0.3) is 7.82 Å². The molecule has 1 saturated heterocycles. The Labute approximate surface area is 335 Å². The second kappa shape index (κ2) is 33.0. The van der Waals surface area contributed by atoms with Crippen LogP contribution in [0.4, 0.5) is 0 Å². The third-order valence-corrected chi connectivity index (χ3v) is 10.3. The maximum absolute atomic E-state index is 12.6. The number of quaternary nitrogens is 1. The molecule has 55 heavy (non-hydrogen) atoms. The standard InChI is InChI=1S/C44H78NO9P/c1-6-8-9-10-11-12-13-15-19-22-25-28-31-34-43(46)50-38-40(39-52-55(48,49)51-37-36-45(3,4)5)53-44(47)35-32-29-26-23-20-17-14-16-18-21-24-27-30-33-42-41(7-2)54-42/h14,17-18,21,23,26-27,30,40-42H,6-13,15-16,19-20,22,24-25,28-29,31-39H2,1-5H3/b17-14-,21-18-,26-23-,30-27-. The second-order valence-electron chi connectivity index (χ2n) is 15.7. The van der Waals surface area contributed by atoms with Gasteiger partial charge < -0.3 is 32.6 Å². The van der Waals surface area contributed by atoms with Gasteiger partial charge in [-0.15, -0.1) is 0 Å². The van der Waals surface area contributed by atoms with E-state index in [2.05, 4.69) is 56.4 Å². The quantitative estimate of drug-likeness (QED) is 0.0151. The average molecular weight is 796 g/mol. The van der Waals surface area contributed by atoms with Crippen molar-refractivity contribution in [1.29, 1.82) is 0 Å². The molecule has 1 aliphatic rings. The Morgan fingerprint density at radius 1 is 0.673 bits per heavy atom. The first-order valence-corrected chi connectivity index (χ1v) is 22.9. The van der Waals surface area contributed by atoms with Crippen LogP contribution in [0.5, 0.6) is 0 Å². The van der Waals surface area contributed by atoms with Crippen molar-refractivity contribution in [2.45, 2.75) is 173 Å². The first-order valence-electron chi connectivity index (χ1n) is 21.5. The number of unbranched alkanes of at least 4 members (excludes halogenated alkanes) is 13. The number of carbonyl (C=O) groups excluding carboxylic acids is 2. The predicted molar refractivity (Wildman–Crippen MR) is 221 cm³/mol. The zero-order valence-corrected chi connectivity index (χ0v) is 36.2. The highest BCUT2D eigenvalue weighted by atomic mass is 31.2. The molecular weight excluding hydrogens is 717 g/mol. The van der Waals surface area contributed by atoms with E-state index in [-0.39, 0.29) is 26.1 Å². The summed E-state index contributed by atoms with van der Waals surface area (Å²) in [5.74, 6) is -0.907. The van der Waals surface area contributed by atoms with Crippen LogP contribution in [0.3, 0.4) is 0 Å². The lowest BCUT2D eigenvalue weighted by Crippen LogP contribution is -2.37. The zero-order valence-electron chi connectivity index (χ0n) is 35.3. The molecule has 0 saturated carbocycles. The fourth-order valence-corrected chi connectivity index (χ4v) is 6.54. The predicted octanol–water partition coefficient (Wildman–Crippen LogP) is 10.3. The lowest BCUT2D eigenvalue weighted by atomic mass is 10.0. The summed E-state index contributed by atoms with van der Waals surface area (Å²) in [5.41, 5.74) is 0. The normalized spacial score (nSPS) is 17.8. The van der Waals surface area contributed by atoms with Gasteiger partial charge in [0.15, 0.2) is 6.10 Å². The smallest absolute Gasteiger partial charge is 0.306 e. The Bertz CT molecular complexity index is 1150. The van der Waals surface area contributed by atoms with Gasteiger partial charge in [-0.3, -0.25) is 14.2 Å². The van der Waals surface area contributed by atoms with Crippen molar-refractivity contribution in [2.24, 2.45) is 0 Å². The van der Waals surface area contributed by atoms with Crippen LogP contribution in [0.25, 0.3) is 0 Å². The minimum atomic E-state index is -4.64. The highest BCUT2D eigenvalue weighted by molar-refractivity contribution is 7.45. The Hall–Kier alpha value is -2.07. The summed E-state index contributed by atoms with van der Waals surface area (Å²) in [7, 11) is 1.12. The van der Waals surface area contributed by atoms with Crippen LogP contribution in [-0.4, -0.2) is 82.2 Å². The van der Waals surface area contributed by atoms with Crippen molar-refractivity contribution in [1.82, 2.24) is 0 Å². The monoisotopic (exact) mass is 796 g/mol.